The maximum Gasteiger partial charge on any atom is 0.165 e. The number of ether oxygens (including phenoxy) is 2. The lowest BCUT2D eigenvalue weighted by Gasteiger charge is -2.31. The Morgan fingerprint density at radius 3 is 2.68 bits per heavy atom. The third-order valence-corrected chi connectivity index (χ3v) is 3.57. The van der Waals surface area contributed by atoms with Crippen LogP contribution in [0.25, 0.3) is 0 Å². The zero-order valence-corrected chi connectivity index (χ0v) is 12.0. The fourth-order valence-corrected chi connectivity index (χ4v) is 2.49. The van der Waals surface area contributed by atoms with Gasteiger partial charge in [0.05, 0.1) is 6.61 Å². The van der Waals surface area contributed by atoms with E-state index in [0.29, 0.717) is 13.2 Å². The van der Waals surface area contributed by atoms with Crippen molar-refractivity contribution in [1.29, 1.82) is 0 Å². The molecule has 2 aromatic carbocycles. The standard InChI is InChI=1S/C17H17F2NO2/c18-13-6-7-14(19)15(10-13)22-17(12-4-2-1-3-5-12)16-11-20-8-9-21-16/h1-7,10,16-17,20H,8-9,11H2. The van der Waals surface area contributed by atoms with Gasteiger partial charge in [-0.2, -0.15) is 0 Å². The molecule has 0 saturated carbocycles. The van der Waals surface area contributed by atoms with Gasteiger partial charge in [0.15, 0.2) is 17.7 Å². The second kappa shape index (κ2) is 6.85. The molecule has 116 valence electrons. The Kier molecular flexibility index (Phi) is 4.65. The molecule has 1 aliphatic rings. The number of hydrogen-bond donors (Lipinski definition) is 1. The van der Waals surface area contributed by atoms with E-state index in [1.165, 1.54) is 0 Å². The lowest BCUT2D eigenvalue weighted by molar-refractivity contribution is -0.0443. The molecule has 1 N–H and O–H groups in total. The summed E-state index contributed by atoms with van der Waals surface area (Å²) < 4.78 is 38.7. The van der Waals surface area contributed by atoms with Crippen LogP contribution in [0.3, 0.4) is 0 Å². The van der Waals surface area contributed by atoms with E-state index in [-0.39, 0.29) is 11.9 Å². The van der Waals surface area contributed by atoms with Crippen LogP contribution in [0, 0.1) is 11.6 Å². The maximum atomic E-state index is 13.9. The van der Waals surface area contributed by atoms with Crippen LogP contribution in [0.4, 0.5) is 8.78 Å². The van der Waals surface area contributed by atoms with Crippen LogP contribution in [0.1, 0.15) is 11.7 Å². The molecule has 3 nitrogen and oxygen atoms in total. The summed E-state index contributed by atoms with van der Waals surface area (Å²) in [5.74, 6) is -1.24. The van der Waals surface area contributed by atoms with Crippen LogP contribution in [0.15, 0.2) is 48.5 Å². The molecular formula is C17H17F2NO2. The topological polar surface area (TPSA) is 30.5 Å². The van der Waals surface area contributed by atoms with Crippen molar-refractivity contribution in [3.63, 3.8) is 0 Å². The van der Waals surface area contributed by atoms with Crippen LogP contribution in [0.5, 0.6) is 5.75 Å². The van der Waals surface area contributed by atoms with Crippen LogP contribution in [-0.2, 0) is 4.74 Å². The molecule has 2 aromatic rings. The zero-order valence-electron chi connectivity index (χ0n) is 12.0. The van der Waals surface area contributed by atoms with E-state index >= 15 is 0 Å². The molecule has 0 bridgehead atoms. The SMILES string of the molecule is Fc1ccc(F)c(OC(c2ccccc2)C2CNCCO2)c1. The molecule has 2 unspecified atom stereocenters. The minimum atomic E-state index is -0.592. The molecule has 1 aliphatic heterocycles. The Labute approximate surface area is 127 Å². The van der Waals surface area contributed by atoms with Crippen molar-refractivity contribution in [2.24, 2.45) is 0 Å². The van der Waals surface area contributed by atoms with Crippen molar-refractivity contribution < 1.29 is 18.3 Å². The lowest BCUT2D eigenvalue weighted by atomic mass is 10.0. The average molecular weight is 305 g/mol. The molecule has 3 rings (SSSR count). The molecular weight excluding hydrogens is 288 g/mol. The summed E-state index contributed by atoms with van der Waals surface area (Å²) in [5, 5.41) is 3.22. The van der Waals surface area contributed by atoms with E-state index in [0.717, 1.165) is 30.3 Å². The first-order valence-electron chi connectivity index (χ1n) is 7.23. The van der Waals surface area contributed by atoms with Crippen molar-refractivity contribution in [3.05, 3.63) is 65.7 Å². The second-order valence-electron chi connectivity index (χ2n) is 5.14. The van der Waals surface area contributed by atoms with E-state index in [2.05, 4.69) is 5.32 Å². The molecule has 0 amide bonds. The number of hydrogen-bond acceptors (Lipinski definition) is 3. The van der Waals surface area contributed by atoms with Gasteiger partial charge in [0.25, 0.3) is 0 Å². The molecule has 2 atom stereocenters. The van der Waals surface area contributed by atoms with E-state index in [9.17, 15) is 8.78 Å². The van der Waals surface area contributed by atoms with Crippen molar-refractivity contribution in [3.8, 4) is 5.75 Å². The van der Waals surface area contributed by atoms with Gasteiger partial charge in [0.1, 0.15) is 11.9 Å². The molecule has 0 aromatic heterocycles. The summed E-state index contributed by atoms with van der Waals surface area (Å²) in [4.78, 5) is 0. The maximum absolute atomic E-state index is 13.9. The third-order valence-electron chi connectivity index (χ3n) is 3.57. The number of nitrogens with one attached hydrogen (secondary N) is 1. The summed E-state index contributed by atoms with van der Waals surface area (Å²) in [6.45, 7) is 1.92. The number of benzene rings is 2. The number of morpholine rings is 1. The Bertz CT molecular complexity index is 615. The summed E-state index contributed by atoms with van der Waals surface area (Å²) in [7, 11) is 0. The summed E-state index contributed by atoms with van der Waals surface area (Å²) in [6, 6.07) is 12.6. The molecule has 0 radical (unpaired) electrons. The Balaban J connectivity index is 1.89. The molecule has 1 saturated heterocycles. The van der Waals surface area contributed by atoms with Gasteiger partial charge < -0.3 is 14.8 Å². The third kappa shape index (κ3) is 3.43. The van der Waals surface area contributed by atoms with Gasteiger partial charge >= 0.3 is 0 Å². The normalized spacial score (nSPS) is 19.6. The molecule has 0 spiro atoms. The van der Waals surface area contributed by atoms with Gasteiger partial charge in [-0.15, -0.1) is 0 Å². The van der Waals surface area contributed by atoms with E-state index in [4.69, 9.17) is 9.47 Å². The summed E-state index contributed by atoms with van der Waals surface area (Å²) in [6.07, 6.45) is -0.774. The fraction of sp³-hybridized carbons (Fsp3) is 0.294. The largest absolute Gasteiger partial charge is 0.480 e. The molecule has 5 heteroatoms. The predicted molar refractivity (Wildman–Crippen MR) is 78.8 cm³/mol. The van der Waals surface area contributed by atoms with Gasteiger partial charge in [0.2, 0.25) is 0 Å². The van der Waals surface area contributed by atoms with Crippen LogP contribution in [0.2, 0.25) is 0 Å². The van der Waals surface area contributed by atoms with Crippen molar-refractivity contribution in [2.75, 3.05) is 19.7 Å². The van der Waals surface area contributed by atoms with E-state index < -0.39 is 17.7 Å². The monoisotopic (exact) mass is 305 g/mol. The van der Waals surface area contributed by atoms with Gasteiger partial charge in [-0.1, -0.05) is 30.3 Å². The van der Waals surface area contributed by atoms with Gasteiger partial charge in [-0.25, -0.2) is 8.78 Å². The number of halogens is 2. The smallest absolute Gasteiger partial charge is 0.165 e. The molecule has 22 heavy (non-hydrogen) atoms. The highest BCUT2D eigenvalue weighted by Crippen LogP contribution is 2.29. The average Bonchev–Trinajstić information content (AvgIpc) is 2.57. The number of rotatable bonds is 4. The minimum Gasteiger partial charge on any atom is -0.480 e. The van der Waals surface area contributed by atoms with Crippen LogP contribution < -0.4 is 10.1 Å². The van der Waals surface area contributed by atoms with Crippen LogP contribution >= 0.6 is 0 Å². The zero-order chi connectivity index (χ0) is 15.4. The summed E-state index contributed by atoms with van der Waals surface area (Å²) in [5.41, 5.74) is 0.861. The first-order chi connectivity index (χ1) is 10.7. The quantitative estimate of drug-likeness (QED) is 0.941. The highest BCUT2D eigenvalue weighted by atomic mass is 19.1. The molecule has 0 aliphatic carbocycles. The highest BCUT2D eigenvalue weighted by molar-refractivity contribution is 5.27. The van der Waals surface area contributed by atoms with Crippen molar-refractivity contribution in [2.45, 2.75) is 12.2 Å². The molecule has 1 fully saturated rings. The van der Waals surface area contributed by atoms with Crippen LogP contribution in [-0.4, -0.2) is 25.8 Å². The highest BCUT2D eigenvalue weighted by Gasteiger charge is 2.28. The van der Waals surface area contributed by atoms with E-state index in [1.807, 2.05) is 30.3 Å². The Morgan fingerprint density at radius 2 is 1.95 bits per heavy atom. The lowest BCUT2D eigenvalue weighted by Crippen LogP contribution is -2.43. The molecule has 1 heterocycles. The van der Waals surface area contributed by atoms with E-state index in [1.54, 1.807) is 0 Å². The van der Waals surface area contributed by atoms with Crippen molar-refractivity contribution in [1.82, 2.24) is 5.32 Å². The Morgan fingerprint density at radius 1 is 1.14 bits per heavy atom. The predicted octanol–water partition coefficient (Wildman–Crippen LogP) is 3.07. The Hall–Kier alpha value is -1.98. The summed E-state index contributed by atoms with van der Waals surface area (Å²) >= 11 is 0. The first kappa shape index (κ1) is 14.9. The second-order valence-corrected chi connectivity index (χ2v) is 5.14. The van der Waals surface area contributed by atoms with Gasteiger partial charge in [-0.3, -0.25) is 0 Å². The van der Waals surface area contributed by atoms with Gasteiger partial charge in [-0.05, 0) is 17.7 Å². The van der Waals surface area contributed by atoms with Gasteiger partial charge in [0, 0.05) is 19.2 Å². The van der Waals surface area contributed by atoms with Crippen molar-refractivity contribution >= 4 is 0 Å². The first-order valence-corrected chi connectivity index (χ1v) is 7.23. The fourth-order valence-electron chi connectivity index (χ4n) is 2.49. The minimum absolute atomic E-state index is 0.108.